The van der Waals surface area contributed by atoms with Crippen LogP contribution >= 0.6 is 12.2 Å². The van der Waals surface area contributed by atoms with Gasteiger partial charge in [-0.25, -0.2) is 0 Å². The third-order valence-corrected chi connectivity index (χ3v) is 5.38. The third kappa shape index (κ3) is 6.02. The average molecular weight is 405 g/mol. The van der Waals surface area contributed by atoms with Gasteiger partial charge in [-0.3, -0.25) is 4.79 Å². The number of aromatic amines is 1. The van der Waals surface area contributed by atoms with Crippen LogP contribution in [0.4, 0.5) is 0 Å². The standard InChI is InChI=1S/C21H32N4O2S/c1-5-24(6-2)11-12-25(21(28)22-10-13-27-4)15-18-14-17-9-7-8-16(3)19(17)23-20(18)26/h7-9,14H,5-6,10-13,15H2,1-4H3,(H,22,28)(H,23,26). The van der Waals surface area contributed by atoms with Gasteiger partial charge in [0.05, 0.1) is 18.7 Å². The zero-order chi connectivity index (χ0) is 20.5. The molecule has 0 aliphatic carbocycles. The maximum atomic E-state index is 12.7. The molecule has 1 heterocycles. The number of nitrogens with zero attached hydrogens (tertiary/aromatic N) is 2. The van der Waals surface area contributed by atoms with Crippen LogP contribution in [0.2, 0.25) is 0 Å². The van der Waals surface area contributed by atoms with Crippen molar-refractivity contribution in [2.45, 2.75) is 27.3 Å². The maximum absolute atomic E-state index is 12.7. The molecule has 2 N–H and O–H groups in total. The summed E-state index contributed by atoms with van der Waals surface area (Å²) in [6.45, 7) is 11.6. The van der Waals surface area contributed by atoms with E-state index in [-0.39, 0.29) is 5.56 Å². The number of ether oxygens (including phenoxy) is 1. The predicted molar refractivity (Wildman–Crippen MR) is 120 cm³/mol. The van der Waals surface area contributed by atoms with E-state index in [2.05, 4.69) is 33.9 Å². The SMILES string of the molecule is CCN(CC)CCN(Cc1cc2cccc(C)c2[nH]c1=O)C(=S)NCCOC. The monoisotopic (exact) mass is 404 g/mol. The number of aromatic nitrogens is 1. The molecule has 0 saturated heterocycles. The Bertz CT molecular complexity index is 833. The molecule has 0 unspecified atom stereocenters. The van der Waals surface area contributed by atoms with Crippen LogP contribution in [0.1, 0.15) is 25.0 Å². The fourth-order valence-electron chi connectivity index (χ4n) is 3.18. The van der Waals surface area contributed by atoms with Gasteiger partial charge in [0.2, 0.25) is 0 Å². The molecule has 0 fully saturated rings. The van der Waals surface area contributed by atoms with Crippen LogP contribution in [0.5, 0.6) is 0 Å². The lowest BCUT2D eigenvalue weighted by Crippen LogP contribution is -2.45. The number of rotatable bonds is 10. The van der Waals surface area contributed by atoms with Gasteiger partial charge in [0.1, 0.15) is 0 Å². The first-order valence-electron chi connectivity index (χ1n) is 9.85. The van der Waals surface area contributed by atoms with Gasteiger partial charge in [0.25, 0.3) is 5.56 Å². The summed E-state index contributed by atoms with van der Waals surface area (Å²) >= 11 is 5.60. The van der Waals surface area contributed by atoms with Gasteiger partial charge in [-0.1, -0.05) is 32.0 Å². The molecule has 2 aromatic rings. The van der Waals surface area contributed by atoms with Crippen molar-refractivity contribution in [3.05, 3.63) is 45.7 Å². The van der Waals surface area contributed by atoms with Crippen LogP contribution in [0.3, 0.4) is 0 Å². The average Bonchev–Trinajstić information content (AvgIpc) is 2.69. The molecule has 0 saturated carbocycles. The van der Waals surface area contributed by atoms with E-state index < -0.39 is 0 Å². The van der Waals surface area contributed by atoms with Gasteiger partial charge in [0.15, 0.2) is 5.11 Å². The summed E-state index contributed by atoms with van der Waals surface area (Å²) in [6, 6.07) is 8.01. The van der Waals surface area contributed by atoms with Crippen molar-refractivity contribution in [3.8, 4) is 0 Å². The van der Waals surface area contributed by atoms with Crippen LogP contribution < -0.4 is 10.9 Å². The van der Waals surface area contributed by atoms with Crippen molar-refractivity contribution in [2.75, 3.05) is 46.4 Å². The molecule has 28 heavy (non-hydrogen) atoms. The molecular formula is C21H32N4O2S. The van der Waals surface area contributed by atoms with E-state index in [1.54, 1.807) is 7.11 Å². The number of aryl methyl sites for hydroxylation is 1. The Kier molecular flexibility index (Phi) is 8.89. The van der Waals surface area contributed by atoms with Crippen LogP contribution in [0.25, 0.3) is 10.9 Å². The lowest BCUT2D eigenvalue weighted by Gasteiger charge is -2.28. The first kappa shape index (κ1) is 22.3. The Hall–Kier alpha value is -1.96. The summed E-state index contributed by atoms with van der Waals surface area (Å²) in [5.41, 5.74) is 2.62. The largest absolute Gasteiger partial charge is 0.383 e. The highest BCUT2D eigenvalue weighted by Gasteiger charge is 2.14. The van der Waals surface area contributed by atoms with E-state index in [0.29, 0.717) is 30.4 Å². The summed E-state index contributed by atoms with van der Waals surface area (Å²) in [5.74, 6) is 0. The Morgan fingerprint density at radius 1 is 1.25 bits per heavy atom. The number of para-hydroxylation sites is 1. The molecule has 0 atom stereocenters. The molecule has 7 heteroatoms. The Morgan fingerprint density at radius 2 is 2.00 bits per heavy atom. The number of hydrogen-bond donors (Lipinski definition) is 2. The van der Waals surface area contributed by atoms with Gasteiger partial charge in [0, 0.05) is 32.3 Å². The molecule has 6 nitrogen and oxygen atoms in total. The Labute approximate surface area is 172 Å². The second kappa shape index (κ2) is 11.1. The number of nitrogens with one attached hydrogen (secondary N) is 2. The second-order valence-electron chi connectivity index (χ2n) is 6.84. The summed E-state index contributed by atoms with van der Waals surface area (Å²) in [6.07, 6.45) is 0. The van der Waals surface area contributed by atoms with Crippen LogP contribution in [0.15, 0.2) is 29.1 Å². The minimum atomic E-state index is -0.0608. The van der Waals surface area contributed by atoms with E-state index in [4.69, 9.17) is 17.0 Å². The fourth-order valence-corrected chi connectivity index (χ4v) is 3.44. The van der Waals surface area contributed by atoms with Crippen molar-refractivity contribution in [2.24, 2.45) is 0 Å². The van der Waals surface area contributed by atoms with E-state index in [1.807, 2.05) is 31.2 Å². The number of methoxy groups -OCH3 is 1. The molecule has 0 aliphatic rings. The van der Waals surface area contributed by atoms with Gasteiger partial charge in [-0.15, -0.1) is 0 Å². The van der Waals surface area contributed by atoms with E-state index in [0.717, 1.165) is 42.6 Å². The summed E-state index contributed by atoms with van der Waals surface area (Å²) in [7, 11) is 1.67. The van der Waals surface area contributed by atoms with Crippen molar-refractivity contribution in [1.82, 2.24) is 20.1 Å². The normalized spacial score (nSPS) is 11.2. The van der Waals surface area contributed by atoms with E-state index in [1.165, 1.54) is 0 Å². The topological polar surface area (TPSA) is 60.6 Å². The van der Waals surface area contributed by atoms with Crippen LogP contribution in [-0.4, -0.2) is 66.3 Å². The van der Waals surface area contributed by atoms with Gasteiger partial charge >= 0.3 is 0 Å². The molecule has 0 amide bonds. The highest BCUT2D eigenvalue weighted by Crippen LogP contribution is 2.15. The minimum Gasteiger partial charge on any atom is -0.383 e. The fraction of sp³-hybridized carbons (Fsp3) is 0.524. The second-order valence-corrected chi connectivity index (χ2v) is 7.22. The van der Waals surface area contributed by atoms with Crippen LogP contribution in [0, 0.1) is 6.92 Å². The smallest absolute Gasteiger partial charge is 0.253 e. The summed E-state index contributed by atoms with van der Waals surface area (Å²) < 4.78 is 5.10. The summed E-state index contributed by atoms with van der Waals surface area (Å²) in [4.78, 5) is 20.1. The number of benzene rings is 1. The molecule has 1 aromatic carbocycles. The quantitative estimate of drug-likeness (QED) is 0.469. The molecule has 0 radical (unpaired) electrons. The van der Waals surface area contributed by atoms with E-state index in [9.17, 15) is 4.79 Å². The van der Waals surface area contributed by atoms with Crippen molar-refractivity contribution >= 4 is 28.2 Å². The maximum Gasteiger partial charge on any atom is 0.253 e. The van der Waals surface area contributed by atoms with Gasteiger partial charge in [-0.2, -0.15) is 0 Å². The highest BCUT2D eigenvalue weighted by atomic mass is 32.1. The zero-order valence-electron chi connectivity index (χ0n) is 17.4. The lowest BCUT2D eigenvalue weighted by atomic mass is 10.1. The van der Waals surface area contributed by atoms with E-state index >= 15 is 0 Å². The molecule has 0 spiro atoms. The first-order valence-corrected chi connectivity index (χ1v) is 10.3. The highest BCUT2D eigenvalue weighted by molar-refractivity contribution is 7.80. The number of H-pyrrole nitrogens is 1. The van der Waals surface area contributed by atoms with Crippen molar-refractivity contribution < 1.29 is 4.74 Å². The molecule has 154 valence electrons. The Balaban J connectivity index is 2.22. The Morgan fingerprint density at radius 3 is 2.68 bits per heavy atom. The van der Waals surface area contributed by atoms with Gasteiger partial charge < -0.3 is 24.8 Å². The molecule has 2 rings (SSSR count). The number of likely N-dealkylation sites (N-methyl/N-ethyl adjacent to an activating group) is 1. The first-order chi connectivity index (χ1) is 13.5. The molecular weight excluding hydrogens is 372 g/mol. The third-order valence-electron chi connectivity index (χ3n) is 4.98. The minimum absolute atomic E-state index is 0.0608. The summed E-state index contributed by atoms with van der Waals surface area (Å²) in [5, 5.41) is 4.92. The molecule has 1 aromatic heterocycles. The lowest BCUT2D eigenvalue weighted by molar-refractivity contribution is 0.202. The number of thiocarbonyl (C=S) groups is 1. The predicted octanol–water partition coefficient (Wildman–Crippen LogP) is 2.50. The zero-order valence-corrected chi connectivity index (χ0v) is 18.2. The van der Waals surface area contributed by atoms with Gasteiger partial charge in [-0.05, 0) is 49.2 Å². The molecule has 0 bridgehead atoms. The van der Waals surface area contributed by atoms with Crippen molar-refractivity contribution in [1.29, 1.82) is 0 Å². The van der Waals surface area contributed by atoms with Crippen LogP contribution in [-0.2, 0) is 11.3 Å². The van der Waals surface area contributed by atoms with Crippen molar-refractivity contribution in [3.63, 3.8) is 0 Å². The number of pyridine rings is 1. The molecule has 0 aliphatic heterocycles. The number of fused-ring (bicyclic) bond motifs is 1. The number of hydrogen-bond acceptors (Lipinski definition) is 4.